The molecule has 0 saturated carbocycles. The molecule has 0 unspecified atom stereocenters. The lowest BCUT2D eigenvalue weighted by Gasteiger charge is -2.24. The average molecular weight is 361 g/mol. The standard InChI is InChI=1S/C23H27N3O/c1-23(2,15-18-5-7-19(16-24)8-6-18)22(27)26-13-11-17-9-10-21-20(14-17)4-3-12-25-21/h3-10,12,14H,11,13,15-16,24H2,1-2H3,(H,26,27). The number of amides is 1. The Morgan fingerprint density at radius 3 is 2.48 bits per heavy atom. The van der Waals surface area contributed by atoms with Crippen LogP contribution in [0.3, 0.4) is 0 Å². The topological polar surface area (TPSA) is 68.0 Å². The van der Waals surface area contributed by atoms with Gasteiger partial charge in [0, 0.05) is 30.1 Å². The largest absolute Gasteiger partial charge is 0.355 e. The van der Waals surface area contributed by atoms with Gasteiger partial charge in [0.2, 0.25) is 5.91 Å². The van der Waals surface area contributed by atoms with Crippen LogP contribution in [0, 0.1) is 5.41 Å². The van der Waals surface area contributed by atoms with E-state index in [1.165, 1.54) is 5.56 Å². The Morgan fingerprint density at radius 1 is 1.04 bits per heavy atom. The lowest BCUT2D eigenvalue weighted by atomic mass is 9.84. The van der Waals surface area contributed by atoms with E-state index < -0.39 is 5.41 Å². The Bertz CT molecular complexity index is 916. The molecule has 3 rings (SSSR count). The zero-order valence-corrected chi connectivity index (χ0v) is 16.0. The number of benzene rings is 2. The highest BCUT2D eigenvalue weighted by Crippen LogP contribution is 2.22. The summed E-state index contributed by atoms with van der Waals surface area (Å²) in [5.41, 5.74) is 9.62. The summed E-state index contributed by atoms with van der Waals surface area (Å²) in [7, 11) is 0. The summed E-state index contributed by atoms with van der Waals surface area (Å²) >= 11 is 0. The maximum atomic E-state index is 12.7. The van der Waals surface area contributed by atoms with Crippen LogP contribution in [-0.4, -0.2) is 17.4 Å². The molecule has 3 N–H and O–H groups in total. The molecule has 0 radical (unpaired) electrons. The van der Waals surface area contributed by atoms with E-state index in [2.05, 4.69) is 40.6 Å². The maximum Gasteiger partial charge on any atom is 0.226 e. The van der Waals surface area contributed by atoms with E-state index in [9.17, 15) is 4.79 Å². The minimum absolute atomic E-state index is 0.0767. The van der Waals surface area contributed by atoms with Gasteiger partial charge < -0.3 is 11.1 Å². The van der Waals surface area contributed by atoms with E-state index in [4.69, 9.17) is 5.73 Å². The maximum absolute atomic E-state index is 12.7. The van der Waals surface area contributed by atoms with Crippen LogP contribution in [0.25, 0.3) is 10.9 Å². The second-order valence-electron chi connectivity index (χ2n) is 7.62. The van der Waals surface area contributed by atoms with Gasteiger partial charge in [0.25, 0.3) is 0 Å². The van der Waals surface area contributed by atoms with Crippen molar-refractivity contribution in [1.29, 1.82) is 0 Å². The van der Waals surface area contributed by atoms with Crippen molar-refractivity contribution in [2.45, 2.75) is 33.2 Å². The van der Waals surface area contributed by atoms with Crippen LogP contribution in [0.1, 0.15) is 30.5 Å². The van der Waals surface area contributed by atoms with Crippen LogP contribution in [-0.2, 0) is 24.2 Å². The molecule has 27 heavy (non-hydrogen) atoms. The molecule has 1 aromatic heterocycles. The SMILES string of the molecule is CC(C)(Cc1ccc(CN)cc1)C(=O)NCCc1ccc2ncccc2c1. The van der Waals surface area contributed by atoms with Crippen LogP contribution in [0.2, 0.25) is 0 Å². The number of nitrogens with one attached hydrogen (secondary N) is 1. The highest BCUT2D eigenvalue weighted by atomic mass is 16.2. The fraction of sp³-hybridized carbons (Fsp3) is 0.304. The fourth-order valence-corrected chi connectivity index (χ4v) is 3.22. The first-order valence-corrected chi connectivity index (χ1v) is 9.38. The van der Waals surface area contributed by atoms with Gasteiger partial charge in [-0.15, -0.1) is 0 Å². The third kappa shape index (κ3) is 4.92. The Hall–Kier alpha value is -2.72. The van der Waals surface area contributed by atoms with Gasteiger partial charge in [-0.3, -0.25) is 9.78 Å². The van der Waals surface area contributed by atoms with Gasteiger partial charge in [-0.05, 0) is 47.7 Å². The Kier molecular flexibility index (Phi) is 5.87. The molecule has 0 aliphatic carbocycles. The monoisotopic (exact) mass is 361 g/mol. The summed E-state index contributed by atoms with van der Waals surface area (Å²) < 4.78 is 0. The molecule has 0 aliphatic rings. The quantitative estimate of drug-likeness (QED) is 0.675. The molecule has 0 spiro atoms. The van der Waals surface area contributed by atoms with E-state index >= 15 is 0 Å². The van der Waals surface area contributed by atoms with Crippen LogP contribution in [0.4, 0.5) is 0 Å². The number of fused-ring (bicyclic) bond motifs is 1. The van der Waals surface area contributed by atoms with Crippen molar-refractivity contribution in [2.75, 3.05) is 6.54 Å². The predicted molar refractivity (Wildman–Crippen MR) is 110 cm³/mol. The number of nitrogens with zero attached hydrogens (tertiary/aromatic N) is 1. The molecule has 1 heterocycles. The lowest BCUT2D eigenvalue weighted by molar-refractivity contribution is -0.129. The highest BCUT2D eigenvalue weighted by molar-refractivity contribution is 5.82. The third-order valence-electron chi connectivity index (χ3n) is 4.89. The number of pyridine rings is 1. The smallest absolute Gasteiger partial charge is 0.226 e. The molecule has 0 bridgehead atoms. The molecule has 140 valence electrons. The van der Waals surface area contributed by atoms with Crippen molar-refractivity contribution in [2.24, 2.45) is 11.1 Å². The van der Waals surface area contributed by atoms with Crippen LogP contribution in [0.15, 0.2) is 60.8 Å². The summed E-state index contributed by atoms with van der Waals surface area (Å²) in [6, 6.07) is 18.4. The van der Waals surface area contributed by atoms with E-state index in [0.29, 0.717) is 19.5 Å². The van der Waals surface area contributed by atoms with Crippen molar-refractivity contribution >= 4 is 16.8 Å². The van der Waals surface area contributed by atoms with E-state index in [0.717, 1.165) is 28.5 Å². The molecule has 4 heteroatoms. The number of rotatable bonds is 7. The van der Waals surface area contributed by atoms with Gasteiger partial charge in [-0.25, -0.2) is 0 Å². The Labute approximate surface area is 160 Å². The van der Waals surface area contributed by atoms with Gasteiger partial charge in [0.15, 0.2) is 0 Å². The molecule has 0 fully saturated rings. The Morgan fingerprint density at radius 2 is 1.74 bits per heavy atom. The molecule has 0 aliphatic heterocycles. The Balaban J connectivity index is 1.54. The predicted octanol–water partition coefficient (Wildman–Crippen LogP) is 3.62. The first-order chi connectivity index (χ1) is 13.0. The molecule has 1 amide bonds. The summed E-state index contributed by atoms with van der Waals surface area (Å²) in [6.45, 7) is 5.14. The molecule has 0 saturated heterocycles. The number of hydrogen-bond donors (Lipinski definition) is 2. The number of nitrogens with two attached hydrogens (primary N) is 1. The summed E-state index contributed by atoms with van der Waals surface area (Å²) in [6.07, 6.45) is 3.30. The zero-order chi connectivity index (χ0) is 19.3. The molecule has 2 aromatic carbocycles. The second kappa shape index (κ2) is 8.31. The fourth-order valence-electron chi connectivity index (χ4n) is 3.22. The molecule has 4 nitrogen and oxygen atoms in total. The van der Waals surface area contributed by atoms with Crippen molar-refractivity contribution in [3.05, 3.63) is 77.5 Å². The lowest BCUT2D eigenvalue weighted by Crippen LogP contribution is -2.39. The van der Waals surface area contributed by atoms with Crippen molar-refractivity contribution in [3.63, 3.8) is 0 Å². The third-order valence-corrected chi connectivity index (χ3v) is 4.89. The van der Waals surface area contributed by atoms with Crippen LogP contribution >= 0.6 is 0 Å². The van der Waals surface area contributed by atoms with Gasteiger partial charge in [-0.2, -0.15) is 0 Å². The molecular formula is C23H27N3O. The number of carbonyl (C=O) groups is 1. The summed E-state index contributed by atoms with van der Waals surface area (Å²) in [4.78, 5) is 17.0. The normalized spacial score (nSPS) is 11.5. The summed E-state index contributed by atoms with van der Waals surface area (Å²) in [5.74, 6) is 0.0767. The first kappa shape index (κ1) is 19.1. The molecule has 0 atom stereocenters. The van der Waals surface area contributed by atoms with Crippen LogP contribution in [0.5, 0.6) is 0 Å². The van der Waals surface area contributed by atoms with Crippen LogP contribution < -0.4 is 11.1 Å². The van der Waals surface area contributed by atoms with Gasteiger partial charge >= 0.3 is 0 Å². The number of carbonyl (C=O) groups excluding carboxylic acids is 1. The minimum Gasteiger partial charge on any atom is -0.355 e. The molecule has 3 aromatic rings. The second-order valence-corrected chi connectivity index (χ2v) is 7.62. The minimum atomic E-state index is -0.461. The molecular weight excluding hydrogens is 334 g/mol. The van der Waals surface area contributed by atoms with E-state index in [1.807, 2.05) is 38.1 Å². The number of aromatic nitrogens is 1. The van der Waals surface area contributed by atoms with Crippen molar-refractivity contribution < 1.29 is 4.79 Å². The summed E-state index contributed by atoms with van der Waals surface area (Å²) in [5, 5.41) is 4.22. The van der Waals surface area contributed by atoms with Gasteiger partial charge in [0.1, 0.15) is 0 Å². The highest BCUT2D eigenvalue weighted by Gasteiger charge is 2.27. The van der Waals surface area contributed by atoms with Crippen molar-refractivity contribution in [3.8, 4) is 0 Å². The van der Waals surface area contributed by atoms with Gasteiger partial charge in [0.05, 0.1) is 5.52 Å². The van der Waals surface area contributed by atoms with Gasteiger partial charge in [-0.1, -0.05) is 50.2 Å². The average Bonchev–Trinajstić information content (AvgIpc) is 2.68. The van der Waals surface area contributed by atoms with E-state index in [1.54, 1.807) is 6.20 Å². The first-order valence-electron chi connectivity index (χ1n) is 9.38. The zero-order valence-electron chi connectivity index (χ0n) is 16.0. The van der Waals surface area contributed by atoms with Crippen molar-refractivity contribution in [1.82, 2.24) is 10.3 Å². The van der Waals surface area contributed by atoms with E-state index in [-0.39, 0.29) is 5.91 Å². The number of hydrogen-bond acceptors (Lipinski definition) is 3.